The molecule has 0 bridgehead atoms. The Morgan fingerprint density at radius 1 is 1.13 bits per heavy atom. The number of hydrogen-bond donors (Lipinski definition) is 2. The van der Waals surface area contributed by atoms with E-state index in [1.165, 1.54) is 16.7 Å². The molecule has 0 aliphatic rings. The number of halogens is 1. The predicted octanol–water partition coefficient (Wildman–Crippen LogP) is 5.01. The average molecular weight is 349 g/mol. The largest absolute Gasteiger partial charge is 0.495 e. The Balaban J connectivity index is 2.07. The van der Waals surface area contributed by atoms with Crippen molar-refractivity contribution in [2.24, 2.45) is 0 Å². The van der Waals surface area contributed by atoms with Crippen LogP contribution in [0.25, 0.3) is 0 Å². The highest BCUT2D eigenvalue weighted by Crippen LogP contribution is 2.27. The monoisotopic (exact) mass is 348 g/mol. The maximum absolute atomic E-state index is 6.03. The van der Waals surface area contributed by atoms with Crippen LogP contribution in [0.15, 0.2) is 36.4 Å². The molecule has 0 saturated heterocycles. The van der Waals surface area contributed by atoms with Crippen LogP contribution in [-0.2, 0) is 0 Å². The summed E-state index contributed by atoms with van der Waals surface area (Å²) in [5.74, 6) is 0.692. The van der Waals surface area contributed by atoms with Gasteiger partial charge in [-0.3, -0.25) is 0 Å². The molecule has 0 aliphatic heterocycles. The van der Waals surface area contributed by atoms with Crippen LogP contribution < -0.4 is 15.4 Å². The molecule has 0 aromatic heterocycles. The van der Waals surface area contributed by atoms with Crippen molar-refractivity contribution in [3.8, 4) is 5.75 Å². The smallest absolute Gasteiger partial charge is 0.171 e. The van der Waals surface area contributed by atoms with Crippen LogP contribution in [0.4, 0.5) is 5.69 Å². The Labute approximate surface area is 148 Å². The summed E-state index contributed by atoms with van der Waals surface area (Å²) in [5, 5.41) is 7.57. The molecule has 2 N–H and O–H groups in total. The van der Waals surface area contributed by atoms with Gasteiger partial charge in [-0.2, -0.15) is 0 Å². The van der Waals surface area contributed by atoms with Gasteiger partial charge in [0.15, 0.2) is 5.11 Å². The summed E-state index contributed by atoms with van der Waals surface area (Å²) in [6.45, 7) is 6.29. The molecule has 0 radical (unpaired) electrons. The quantitative estimate of drug-likeness (QED) is 0.761. The SMILES string of the molecule is COc1ccc(Cl)cc1NC(=S)N[C@@H](C)c1ccc(C)c(C)c1. The van der Waals surface area contributed by atoms with Crippen molar-refractivity contribution in [3.63, 3.8) is 0 Å². The van der Waals surface area contributed by atoms with Crippen LogP contribution in [0.2, 0.25) is 5.02 Å². The van der Waals surface area contributed by atoms with Gasteiger partial charge in [0.1, 0.15) is 5.75 Å². The number of ether oxygens (including phenoxy) is 1. The Morgan fingerprint density at radius 3 is 2.52 bits per heavy atom. The van der Waals surface area contributed by atoms with Crippen molar-refractivity contribution in [1.29, 1.82) is 0 Å². The van der Waals surface area contributed by atoms with Crippen LogP contribution in [0, 0.1) is 13.8 Å². The normalized spacial score (nSPS) is 11.7. The van der Waals surface area contributed by atoms with Gasteiger partial charge in [0.2, 0.25) is 0 Å². The zero-order valence-corrected chi connectivity index (χ0v) is 15.3. The lowest BCUT2D eigenvalue weighted by Crippen LogP contribution is -2.31. The van der Waals surface area contributed by atoms with Crippen LogP contribution in [0.1, 0.15) is 29.7 Å². The number of aryl methyl sites for hydroxylation is 2. The number of rotatable bonds is 4. The maximum atomic E-state index is 6.03. The lowest BCUT2D eigenvalue weighted by atomic mass is 10.0. The van der Waals surface area contributed by atoms with Gasteiger partial charge in [-0.15, -0.1) is 0 Å². The molecule has 0 amide bonds. The molecule has 0 aliphatic carbocycles. The molecule has 0 saturated carbocycles. The first-order chi connectivity index (χ1) is 10.9. The molecule has 23 heavy (non-hydrogen) atoms. The van der Waals surface area contributed by atoms with E-state index in [1.807, 2.05) is 0 Å². The molecule has 5 heteroatoms. The van der Waals surface area contributed by atoms with Gasteiger partial charge in [0.25, 0.3) is 0 Å². The van der Waals surface area contributed by atoms with Gasteiger partial charge in [-0.25, -0.2) is 0 Å². The fraction of sp³-hybridized carbons (Fsp3) is 0.278. The van der Waals surface area contributed by atoms with Crippen LogP contribution in [0.5, 0.6) is 5.75 Å². The van der Waals surface area contributed by atoms with Gasteiger partial charge in [-0.1, -0.05) is 29.8 Å². The molecule has 0 fully saturated rings. The summed E-state index contributed by atoms with van der Waals surface area (Å²) < 4.78 is 5.31. The molecule has 2 rings (SSSR count). The molecule has 2 aromatic rings. The summed E-state index contributed by atoms with van der Waals surface area (Å²) in [6.07, 6.45) is 0. The fourth-order valence-corrected chi connectivity index (χ4v) is 2.71. The van der Waals surface area contributed by atoms with Crippen molar-refractivity contribution < 1.29 is 4.74 Å². The number of thiocarbonyl (C=S) groups is 1. The molecule has 0 spiro atoms. The van der Waals surface area contributed by atoms with Gasteiger partial charge in [0.05, 0.1) is 18.8 Å². The molecule has 122 valence electrons. The lowest BCUT2D eigenvalue weighted by molar-refractivity contribution is 0.417. The van der Waals surface area contributed by atoms with E-state index in [-0.39, 0.29) is 6.04 Å². The maximum Gasteiger partial charge on any atom is 0.171 e. The second-order valence-electron chi connectivity index (χ2n) is 5.51. The second kappa shape index (κ2) is 7.66. The highest BCUT2D eigenvalue weighted by Gasteiger charge is 2.10. The average Bonchev–Trinajstić information content (AvgIpc) is 2.50. The van der Waals surface area contributed by atoms with Crippen LogP contribution in [0.3, 0.4) is 0 Å². The van der Waals surface area contributed by atoms with E-state index in [0.29, 0.717) is 15.9 Å². The number of nitrogens with one attached hydrogen (secondary N) is 2. The molecule has 0 unspecified atom stereocenters. The third-order valence-corrected chi connectivity index (χ3v) is 4.24. The van der Waals surface area contributed by atoms with Crippen molar-refractivity contribution in [3.05, 3.63) is 58.1 Å². The summed E-state index contributed by atoms with van der Waals surface area (Å²) in [6, 6.07) is 11.9. The standard InChI is InChI=1S/C18H21ClN2OS/c1-11-5-6-14(9-12(11)2)13(3)20-18(23)21-16-10-15(19)7-8-17(16)22-4/h5-10,13H,1-4H3,(H2,20,21,23)/t13-/m0/s1. The van der Waals surface area contributed by atoms with E-state index in [0.717, 1.165) is 5.69 Å². The first-order valence-corrected chi connectivity index (χ1v) is 8.17. The van der Waals surface area contributed by atoms with Gasteiger partial charge >= 0.3 is 0 Å². The summed E-state index contributed by atoms with van der Waals surface area (Å²) in [4.78, 5) is 0. The van der Waals surface area contributed by atoms with Gasteiger partial charge in [-0.05, 0) is 67.9 Å². The number of anilines is 1. The van der Waals surface area contributed by atoms with Crippen molar-refractivity contribution in [1.82, 2.24) is 5.32 Å². The van der Waals surface area contributed by atoms with Crippen molar-refractivity contribution in [2.75, 3.05) is 12.4 Å². The Morgan fingerprint density at radius 2 is 1.87 bits per heavy atom. The number of hydrogen-bond acceptors (Lipinski definition) is 2. The second-order valence-corrected chi connectivity index (χ2v) is 6.35. The van der Waals surface area contributed by atoms with Crippen molar-refractivity contribution >= 4 is 34.6 Å². The molecular weight excluding hydrogens is 328 g/mol. The zero-order chi connectivity index (χ0) is 17.0. The summed E-state index contributed by atoms with van der Waals surface area (Å²) >= 11 is 11.4. The minimum atomic E-state index is 0.0967. The van der Waals surface area contributed by atoms with E-state index >= 15 is 0 Å². The van der Waals surface area contributed by atoms with E-state index in [1.54, 1.807) is 25.3 Å². The predicted molar refractivity (Wildman–Crippen MR) is 102 cm³/mol. The summed E-state index contributed by atoms with van der Waals surface area (Å²) in [5.41, 5.74) is 4.48. The van der Waals surface area contributed by atoms with E-state index in [2.05, 4.69) is 49.6 Å². The third kappa shape index (κ3) is 4.60. The first kappa shape index (κ1) is 17.6. The summed E-state index contributed by atoms with van der Waals surface area (Å²) in [7, 11) is 1.61. The minimum Gasteiger partial charge on any atom is -0.495 e. The number of methoxy groups -OCH3 is 1. The highest BCUT2D eigenvalue weighted by molar-refractivity contribution is 7.80. The molecule has 0 heterocycles. The highest BCUT2D eigenvalue weighted by atomic mass is 35.5. The lowest BCUT2D eigenvalue weighted by Gasteiger charge is -2.19. The molecular formula is C18H21ClN2OS. The molecule has 3 nitrogen and oxygen atoms in total. The van der Waals surface area contributed by atoms with E-state index in [4.69, 9.17) is 28.6 Å². The van der Waals surface area contributed by atoms with Crippen molar-refractivity contribution in [2.45, 2.75) is 26.8 Å². The molecule has 1 atom stereocenters. The Hall–Kier alpha value is -1.78. The van der Waals surface area contributed by atoms with Gasteiger partial charge < -0.3 is 15.4 Å². The van der Waals surface area contributed by atoms with Gasteiger partial charge in [0, 0.05) is 5.02 Å². The van der Waals surface area contributed by atoms with E-state index in [9.17, 15) is 0 Å². The zero-order valence-electron chi connectivity index (χ0n) is 13.7. The minimum absolute atomic E-state index is 0.0967. The molecule has 2 aromatic carbocycles. The first-order valence-electron chi connectivity index (χ1n) is 7.39. The Kier molecular flexibility index (Phi) is 5.85. The van der Waals surface area contributed by atoms with Crippen LogP contribution in [-0.4, -0.2) is 12.2 Å². The third-order valence-electron chi connectivity index (χ3n) is 3.79. The van der Waals surface area contributed by atoms with E-state index < -0.39 is 0 Å². The topological polar surface area (TPSA) is 33.3 Å². The Bertz CT molecular complexity index is 718. The van der Waals surface area contributed by atoms with Crippen LogP contribution >= 0.6 is 23.8 Å². The fourth-order valence-electron chi connectivity index (χ4n) is 2.25. The number of benzene rings is 2.